The zero-order valence-electron chi connectivity index (χ0n) is 15.0. The quantitative estimate of drug-likeness (QED) is 0.304. The highest BCUT2D eigenvalue weighted by Gasteiger charge is 2.08. The maximum Gasteiger partial charge on any atom is 0.341 e. The van der Waals surface area contributed by atoms with Crippen molar-refractivity contribution in [1.29, 1.82) is 0 Å². The van der Waals surface area contributed by atoms with E-state index in [1.54, 1.807) is 23.9 Å². The van der Waals surface area contributed by atoms with E-state index in [0.717, 1.165) is 10.6 Å². The van der Waals surface area contributed by atoms with Gasteiger partial charge in [0.2, 0.25) is 0 Å². The number of hydrogen-bond acceptors (Lipinski definition) is 3. The van der Waals surface area contributed by atoms with E-state index in [9.17, 15) is 4.79 Å². The minimum Gasteiger partial charge on any atom is -0.482 e. The third-order valence-electron chi connectivity index (χ3n) is 3.97. The maximum absolute atomic E-state index is 10.6. The molecule has 0 unspecified atom stereocenters. The Hall–Kier alpha value is -2.25. The molecule has 0 saturated carbocycles. The summed E-state index contributed by atoms with van der Waals surface area (Å²) in [4.78, 5) is 11.7. The Balaban J connectivity index is 1.74. The van der Waals surface area contributed by atoms with Crippen LogP contribution in [0.1, 0.15) is 11.1 Å². The molecule has 142 valence electrons. The summed E-state index contributed by atoms with van der Waals surface area (Å²) in [6.45, 7) is -0.328. The molecule has 3 nitrogen and oxygen atoms in total. The van der Waals surface area contributed by atoms with Gasteiger partial charge in [0.1, 0.15) is 5.75 Å². The molecule has 0 radical (unpaired) electrons. The summed E-state index contributed by atoms with van der Waals surface area (Å²) < 4.78 is 6.39. The Morgan fingerprint density at radius 3 is 2.32 bits per heavy atom. The first-order valence-corrected chi connectivity index (χ1v) is 10.8. The van der Waals surface area contributed by atoms with Gasteiger partial charge in [0.15, 0.2) is 6.61 Å². The Labute approximate surface area is 182 Å². The minimum atomic E-state index is -0.979. The predicted molar refractivity (Wildman–Crippen MR) is 123 cm³/mol. The van der Waals surface area contributed by atoms with Gasteiger partial charge in [-0.25, -0.2) is 4.79 Å². The summed E-state index contributed by atoms with van der Waals surface area (Å²) in [6, 6.07) is 26.3. The smallest absolute Gasteiger partial charge is 0.341 e. The summed E-state index contributed by atoms with van der Waals surface area (Å²) >= 11 is 4.10. The molecule has 0 fully saturated rings. The second-order valence-electron chi connectivity index (χ2n) is 5.93. The van der Waals surface area contributed by atoms with Crippen molar-refractivity contribution in [3.63, 3.8) is 0 Å². The fourth-order valence-electron chi connectivity index (χ4n) is 2.68. The summed E-state index contributed by atoms with van der Waals surface area (Å²) in [5, 5.41) is 8.67. The molecule has 28 heavy (non-hydrogen) atoms. The summed E-state index contributed by atoms with van der Waals surface area (Å²) in [7, 11) is 0. The lowest BCUT2D eigenvalue weighted by Crippen LogP contribution is -2.09. The molecule has 0 amide bonds. The summed E-state index contributed by atoms with van der Waals surface area (Å²) in [5.41, 5.74) is 3.65. The number of carboxylic acid groups (broad SMARTS) is 1. The average molecular weight is 502 g/mol. The van der Waals surface area contributed by atoms with Gasteiger partial charge in [0.05, 0.1) is 0 Å². The molecule has 0 atom stereocenters. The van der Waals surface area contributed by atoms with E-state index in [4.69, 9.17) is 9.84 Å². The Kier molecular flexibility index (Phi) is 7.56. The first-order chi connectivity index (χ1) is 13.6. The topological polar surface area (TPSA) is 46.5 Å². The molecule has 1 N–H and O–H groups in total. The van der Waals surface area contributed by atoms with Gasteiger partial charge in [-0.2, -0.15) is 0 Å². The lowest BCUT2D eigenvalue weighted by atomic mass is 9.98. The predicted octanol–water partition coefficient (Wildman–Crippen LogP) is 5.98. The highest BCUT2D eigenvalue weighted by molar-refractivity contribution is 14.1. The number of thioether (sulfide) groups is 1. The maximum atomic E-state index is 10.6. The number of ether oxygens (including phenoxy) is 1. The Morgan fingerprint density at radius 1 is 0.964 bits per heavy atom. The molecule has 0 bridgehead atoms. The molecule has 3 rings (SSSR count). The molecule has 0 saturated heterocycles. The van der Waals surface area contributed by atoms with Gasteiger partial charge in [-0.15, -0.1) is 11.8 Å². The van der Waals surface area contributed by atoms with E-state index in [1.165, 1.54) is 20.3 Å². The van der Waals surface area contributed by atoms with Crippen LogP contribution >= 0.6 is 34.4 Å². The van der Waals surface area contributed by atoms with Crippen molar-refractivity contribution in [1.82, 2.24) is 0 Å². The van der Waals surface area contributed by atoms with Crippen molar-refractivity contribution in [2.75, 3.05) is 12.4 Å². The van der Waals surface area contributed by atoms with Crippen LogP contribution in [0, 0.1) is 3.57 Å². The monoisotopic (exact) mass is 502 g/mol. The molecular weight excluding hydrogens is 483 g/mol. The number of aliphatic carboxylic acids is 1. The van der Waals surface area contributed by atoms with Crippen LogP contribution in [0.4, 0.5) is 0 Å². The molecule has 5 heteroatoms. The van der Waals surface area contributed by atoms with Crippen LogP contribution in [0.25, 0.3) is 5.57 Å². The molecule has 3 aromatic rings. The van der Waals surface area contributed by atoms with Crippen LogP contribution in [-0.2, 0) is 4.79 Å². The van der Waals surface area contributed by atoms with Crippen LogP contribution in [0.3, 0.4) is 0 Å². The molecule has 3 aromatic carbocycles. The molecule has 0 spiro atoms. The number of hydrogen-bond donors (Lipinski definition) is 1. The highest BCUT2D eigenvalue weighted by Crippen LogP contribution is 2.29. The van der Waals surface area contributed by atoms with E-state index in [1.807, 2.05) is 18.2 Å². The third kappa shape index (κ3) is 5.87. The van der Waals surface area contributed by atoms with Crippen molar-refractivity contribution >= 4 is 45.9 Å². The number of benzene rings is 3. The average Bonchev–Trinajstić information content (AvgIpc) is 2.72. The zero-order valence-corrected chi connectivity index (χ0v) is 18.0. The standard InChI is InChI=1S/C23H19IO3S/c24-22-9-5-4-8-21(22)20(17-6-2-1-3-7-17)14-15-28-19-12-10-18(11-13-19)27-16-23(25)26/h1-14H,15-16H2,(H,25,26)/b20-14-. The van der Waals surface area contributed by atoms with Gasteiger partial charge < -0.3 is 9.84 Å². The van der Waals surface area contributed by atoms with Crippen molar-refractivity contribution in [3.05, 3.63) is 99.6 Å². The Bertz CT molecular complexity index is 953. The van der Waals surface area contributed by atoms with Crippen LogP contribution in [0.15, 0.2) is 89.8 Å². The molecule has 0 aliphatic carbocycles. The van der Waals surface area contributed by atoms with Crippen molar-refractivity contribution in [2.24, 2.45) is 0 Å². The first kappa shape index (κ1) is 20.5. The van der Waals surface area contributed by atoms with Crippen molar-refractivity contribution < 1.29 is 14.6 Å². The summed E-state index contributed by atoms with van der Waals surface area (Å²) in [5.74, 6) is 0.406. The largest absolute Gasteiger partial charge is 0.482 e. The lowest BCUT2D eigenvalue weighted by molar-refractivity contribution is -0.139. The number of carboxylic acids is 1. The van der Waals surface area contributed by atoms with Gasteiger partial charge in [-0.1, -0.05) is 54.6 Å². The highest BCUT2D eigenvalue weighted by atomic mass is 127. The van der Waals surface area contributed by atoms with Gasteiger partial charge in [-0.3, -0.25) is 0 Å². The normalized spacial score (nSPS) is 11.2. The number of halogens is 1. The molecule has 0 aliphatic rings. The van der Waals surface area contributed by atoms with E-state index in [-0.39, 0.29) is 6.61 Å². The number of carbonyl (C=O) groups is 1. The van der Waals surface area contributed by atoms with Crippen molar-refractivity contribution in [2.45, 2.75) is 4.90 Å². The fourth-order valence-corrected chi connectivity index (χ4v) is 4.13. The lowest BCUT2D eigenvalue weighted by Gasteiger charge is -2.11. The van der Waals surface area contributed by atoms with E-state index in [2.05, 4.69) is 77.2 Å². The second kappa shape index (κ2) is 10.3. The third-order valence-corrected chi connectivity index (χ3v) is 5.85. The molecule has 0 aromatic heterocycles. The molecular formula is C23H19IO3S. The fraction of sp³-hybridized carbons (Fsp3) is 0.0870. The molecule has 0 heterocycles. The van der Waals surface area contributed by atoms with Crippen LogP contribution in [-0.4, -0.2) is 23.4 Å². The van der Waals surface area contributed by atoms with Gasteiger partial charge in [0.25, 0.3) is 0 Å². The van der Waals surface area contributed by atoms with Gasteiger partial charge in [-0.05, 0) is 69.6 Å². The van der Waals surface area contributed by atoms with Crippen LogP contribution < -0.4 is 4.74 Å². The van der Waals surface area contributed by atoms with E-state index >= 15 is 0 Å². The second-order valence-corrected chi connectivity index (χ2v) is 8.18. The Morgan fingerprint density at radius 2 is 1.64 bits per heavy atom. The van der Waals surface area contributed by atoms with Gasteiger partial charge in [0, 0.05) is 14.2 Å². The van der Waals surface area contributed by atoms with Crippen LogP contribution in [0.2, 0.25) is 0 Å². The summed E-state index contributed by atoms with van der Waals surface area (Å²) in [6.07, 6.45) is 2.26. The van der Waals surface area contributed by atoms with Gasteiger partial charge >= 0.3 is 5.97 Å². The van der Waals surface area contributed by atoms with Crippen molar-refractivity contribution in [3.8, 4) is 5.75 Å². The zero-order chi connectivity index (χ0) is 19.8. The van der Waals surface area contributed by atoms with E-state index < -0.39 is 5.97 Å². The van der Waals surface area contributed by atoms with Crippen LogP contribution in [0.5, 0.6) is 5.75 Å². The number of rotatable bonds is 8. The minimum absolute atomic E-state index is 0.328. The SMILES string of the molecule is O=C(O)COc1ccc(SC/C=C(/c2ccccc2)c2ccccc2I)cc1. The van der Waals surface area contributed by atoms with E-state index in [0.29, 0.717) is 5.75 Å². The molecule has 0 aliphatic heterocycles. The first-order valence-electron chi connectivity index (χ1n) is 8.71.